The highest BCUT2D eigenvalue weighted by Crippen LogP contribution is 2.36. The molecule has 0 radical (unpaired) electrons. The summed E-state index contributed by atoms with van der Waals surface area (Å²) >= 11 is 0. The van der Waals surface area contributed by atoms with Gasteiger partial charge < -0.3 is 0 Å². The molecule has 1 saturated heterocycles. The lowest BCUT2D eigenvalue weighted by Gasteiger charge is -2.43. The molecule has 0 aliphatic carbocycles. The summed E-state index contributed by atoms with van der Waals surface area (Å²) in [5, 5.41) is 0. The van der Waals surface area contributed by atoms with Gasteiger partial charge in [-0.3, -0.25) is 9.80 Å². The molecule has 30 heavy (non-hydrogen) atoms. The van der Waals surface area contributed by atoms with Crippen LogP contribution in [0.3, 0.4) is 0 Å². The Labute approximate surface area is 180 Å². The van der Waals surface area contributed by atoms with Crippen LogP contribution in [0.5, 0.6) is 0 Å². The van der Waals surface area contributed by atoms with Crippen LogP contribution in [0.2, 0.25) is 0 Å². The first kappa shape index (κ1) is 20.8. The first-order valence-corrected chi connectivity index (χ1v) is 10.9. The van der Waals surface area contributed by atoms with Gasteiger partial charge in [0.25, 0.3) is 0 Å². The monoisotopic (exact) mass is 402 g/mol. The van der Waals surface area contributed by atoms with Crippen LogP contribution >= 0.6 is 0 Å². The van der Waals surface area contributed by atoms with Gasteiger partial charge in [-0.25, -0.2) is 4.39 Å². The first-order valence-electron chi connectivity index (χ1n) is 10.9. The molecule has 0 saturated carbocycles. The third-order valence-corrected chi connectivity index (χ3v) is 6.41. The van der Waals surface area contributed by atoms with Crippen LogP contribution in [0.1, 0.15) is 30.0 Å². The zero-order chi connectivity index (χ0) is 20.8. The van der Waals surface area contributed by atoms with Crippen molar-refractivity contribution in [3.63, 3.8) is 0 Å². The zero-order valence-electron chi connectivity index (χ0n) is 17.8. The highest BCUT2D eigenvalue weighted by molar-refractivity contribution is 5.20. The van der Waals surface area contributed by atoms with Crippen LogP contribution in [0, 0.1) is 0 Å². The van der Waals surface area contributed by atoms with Gasteiger partial charge in [-0.1, -0.05) is 91.0 Å². The smallest absolute Gasteiger partial charge is 0.117 e. The van der Waals surface area contributed by atoms with Gasteiger partial charge in [-0.05, 0) is 30.0 Å². The number of rotatable bonds is 8. The fourth-order valence-electron chi connectivity index (χ4n) is 4.69. The molecule has 1 aliphatic heterocycles. The van der Waals surface area contributed by atoms with Crippen molar-refractivity contribution >= 4 is 0 Å². The lowest BCUT2D eigenvalue weighted by molar-refractivity contribution is 0.0114. The molecule has 1 fully saturated rings. The van der Waals surface area contributed by atoms with Crippen LogP contribution in [0.4, 0.5) is 4.39 Å². The van der Waals surface area contributed by atoms with Gasteiger partial charge in [0.2, 0.25) is 0 Å². The van der Waals surface area contributed by atoms with E-state index < -0.39 is 11.7 Å². The number of hydrogen-bond acceptors (Lipinski definition) is 2. The van der Waals surface area contributed by atoms with Crippen molar-refractivity contribution in [1.29, 1.82) is 0 Å². The summed E-state index contributed by atoms with van der Waals surface area (Å²) in [6, 6.07) is 31.4. The Hall–Kier alpha value is -2.49. The Balaban J connectivity index is 1.59. The summed E-state index contributed by atoms with van der Waals surface area (Å²) in [6.45, 7) is 5.80. The minimum Gasteiger partial charge on any atom is -0.297 e. The third-order valence-electron chi connectivity index (χ3n) is 6.41. The lowest BCUT2D eigenvalue weighted by Crippen LogP contribution is -2.55. The minimum atomic E-state index is -0.911. The van der Waals surface area contributed by atoms with Crippen molar-refractivity contribution in [2.24, 2.45) is 0 Å². The van der Waals surface area contributed by atoms with E-state index in [0.717, 1.165) is 39.1 Å². The van der Waals surface area contributed by atoms with E-state index in [0.29, 0.717) is 0 Å². The van der Waals surface area contributed by atoms with E-state index in [1.165, 1.54) is 16.7 Å². The molecule has 3 aromatic rings. The maximum Gasteiger partial charge on any atom is 0.117 e. The zero-order valence-corrected chi connectivity index (χ0v) is 17.8. The summed E-state index contributed by atoms with van der Waals surface area (Å²) in [6.07, 6.45) is -0.0670. The SMILES string of the molecule is CC(F)C1(N(Cc2ccccc2)Cc2ccccc2)CCN(Cc2ccccc2)C1. The Kier molecular flexibility index (Phi) is 6.61. The van der Waals surface area contributed by atoms with Crippen LogP contribution in [-0.2, 0) is 19.6 Å². The second-order valence-corrected chi connectivity index (χ2v) is 8.49. The highest BCUT2D eigenvalue weighted by atomic mass is 19.1. The van der Waals surface area contributed by atoms with E-state index in [9.17, 15) is 0 Å². The summed E-state index contributed by atoms with van der Waals surface area (Å²) < 4.78 is 15.4. The van der Waals surface area contributed by atoms with Crippen molar-refractivity contribution in [1.82, 2.24) is 9.80 Å². The molecule has 1 heterocycles. The Morgan fingerprint density at radius 2 is 1.27 bits per heavy atom. The number of halogens is 1. The molecular formula is C27H31FN2. The quantitative estimate of drug-likeness (QED) is 0.477. The molecule has 4 rings (SSSR count). The summed E-state index contributed by atoms with van der Waals surface area (Å²) in [7, 11) is 0. The molecule has 0 aromatic heterocycles. The second kappa shape index (κ2) is 9.55. The van der Waals surface area contributed by atoms with E-state index in [1.54, 1.807) is 6.92 Å². The van der Waals surface area contributed by atoms with Crippen LogP contribution in [-0.4, -0.2) is 34.6 Å². The molecular weight excluding hydrogens is 371 g/mol. The number of hydrogen-bond donors (Lipinski definition) is 0. The molecule has 0 amide bonds. The van der Waals surface area contributed by atoms with E-state index in [-0.39, 0.29) is 0 Å². The molecule has 156 valence electrons. The molecule has 0 bridgehead atoms. The lowest BCUT2D eigenvalue weighted by atomic mass is 9.89. The molecule has 3 heteroatoms. The summed E-state index contributed by atoms with van der Waals surface area (Å²) in [5.41, 5.74) is 3.27. The van der Waals surface area contributed by atoms with E-state index in [4.69, 9.17) is 0 Å². The first-order chi connectivity index (χ1) is 14.7. The van der Waals surface area contributed by atoms with Crippen molar-refractivity contribution < 1.29 is 4.39 Å². The van der Waals surface area contributed by atoms with Crippen molar-refractivity contribution in [3.8, 4) is 0 Å². The van der Waals surface area contributed by atoms with E-state index in [1.807, 2.05) is 18.2 Å². The molecule has 2 nitrogen and oxygen atoms in total. The van der Waals surface area contributed by atoms with Crippen molar-refractivity contribution in [2.45, 2.75) is 44.7 Å². The van der Waals surface area contributed by atoms with E-state index >= 15 is 4.39 Å². The van der Waals surface area contributed by atoms with Gasteiger partial charge in [-0.2, -0.15) is 0 Å². The van der Waals surface area contributed by atoms with Crippen molar-refractivity contribution in [3.05, 3.63) is 108 Å². The minimum absolute atomic E-state index is 0.486. The van der Waals surface area contributed by atoms with Crippen LogP contribution in [0.25, 0.3) is 0 Å². The van der Waals surface area contributed by atoms with Gasteiger partial charge >= 0.3 is 0 Å². The number of nitrogens with zero attached hydrogens (tertiary/aromatic N) is 2. The van der Waals surface area contributed by atoms with Gasteiger partial charge in [0.05, 0.1) is 5.54 Å². The van der Waals surface area contributed by atoms with Crippen LogP contribution in [0.15, 0.2) is 91.0 Å². The predicted molar refractivity (Wildman–Crippen MR) is 122 cm³/mol. The molecule has 3 aromatic carbocycles. The second-order valence-electron chi connectivity index (χ2n) is 8.49. The standard InChI is InChI=1S/C27H31FN2/c1-23(28)27(17-18-29(22-27)19-24-11-5-2-6-12-24)30(20-25-13-7-3-8-14-25)21-26-15-9-4-10-16-26/h2-16,23H,17-22H2,1H3. The summed E-state index contributed by atoms with van der Waals surface area (Å²) in [5.74, 6) is 0. The maximum atomic E-state index is 15.4. The van der Waals surface area contributed by atoms with Crippen LogP contribution < -0.4 is 0 Å². The van der Waals surface area contributed by atoms with Gasteiger partial charge in [0.1, 0.15) is 6.17 Å². The Morgan fingerprint density at radius 3 is 1.73 bits per heavy atom. The number of benzene rings is 3. The van der Waals surface area contributed by atoms with Gasteiger partial charge in [-0.15, -0.1) is 0 Å². The highest BCUT2D eigenvalue weighted by Gasteiger charge is 2.47. The Bertz CT molecular complexity index is 856. The fraction of sp³-hybridized carbons (Fsp3) is 0.333. The van der Waals surface area contributed by atoms with Gasteiger partial charge in [0, 0.05) is 32.7 Å². The predicted octanol–water partition coefficient (Wildman–Crippen LogP) is 5.69. The average Bonchev–Trinajstić information content (AvgIpc) is 3.21. The van der Waals surface area contributed by atoms with E-state index in [2.05, 4.69) is 82.6 Å². The normalized spacial score (nSPS) is 20.5. The topological polar surface area (TPSA) is 6.48 Å². The average molecular weight is 403 g/mol. The number of alkyl halides is 1. The maximum absolute atomic E-state index is 15.4. The van der Waals surface area contributed by atoms with Gasteiger partial charge in [0.15, 0.2) is 0 Å². The summed E-state index contributed by atoms with van der Waals surface area (Å²) in [4.78, 5) is 4.79. The molecule has 2 unspecified atom stereocenters. The van der Waals surface area contributed by atoms with Crippen molar-refractivity contribution in [2.75, 3.05) is 13.1 Å². The third kappa shape index (κ3) is 4.80. The fourth-order valence-corrected chi connectivity index (χ4v) is 4.69. The molecule has 1 aliphatic rings. The molecule has 0 N–H and O–H groups in total. The molecule has 2 atom stereocenters. The Morgan fingerprint density at radius 1 is 0.800 bits per heavy atom. The number of likely N-dealkylation sites (tertiary alicyclic amines) is 1. The largest absolute Gasteiger partial charge is 0.297 e. The molecule has 0 spiro atoms.